The molecule has 2 atom stereocenters. The van der Waals surface area contributed by atoms with Crippen molar-refractivity contribution in [2.75, 3.05) is 5.32 Å². The van der Waals surface area contributed by atoms with E-state index in [-0.39, 0.29) is 16.6 Å². The number of rotatable bonds is 4. The molecule has 0 radical (unpaired) electrons. The topological polar surface area (TPSA) is 55.1 Å². The first-order valence-electron chi connectivity index (χ1n) is 5.47. The van der Waals surface area contributed by atoms with Gasteiger partial charge in [-0.25, -0.2) is 4.39 Å². The second-order valence-corrected chi connectivity index (χ2v) is 4.41. The minimum absolute atomic E-state index is 0.0279. The summed E-state index contributed by atoms with van der Waals surface area (Å²) in [6, 6.07) is 3.78. The lowest BCUT2D eigenvalue weighted by molar-refractivity contribution is -0.118. The smallest absolute Gasteiger partial charge is 0.241 e. The molecule has 1 aromatic rings. The molecule has 0 bridgehead atoms. The van der Waals surface area contributed by atoms with Crippen LogP contribution in [-0.2, 0) is 4.79 Å². The summed E-state index contributed by atoms with van der Waals surface area (Å²) in [4.78, 5) is 11.7. The van der Waals surface area contributed by atoms with E-state index in [0.717, 1.165) is 6.42 Å². The van der Waals surface area contributed by atoms with E-state index in [9.17, 15) is 9.18 Å². The summed E-state index contributed by atoms with van der Waals surface area (Å²) in [7, 11) is 0. The molecular formula is C12H16ClFN2O. The summed E-state index contributed by atoms with van der Waals surface area (Å²) in [5.74, 6) is -1.00. The molecular weight excluding hydrogens is 243 g/mol. The molecule has 0 heterocycles. The van der Waals surface area contributed by atoms with Gasteiger partial charge in [0.05, 0.1) is 16.8 Å². The van der Waals surface area contributed by atoms with Crippen LogP contribution in [0.2, 0.25) is 5.02 Å². The molecule has 1 aromatic carbocycles. The Morgan fingerprint density at radius 2 is 2.24 bits per heavy atom. The zero-order valence-electron chi connectivity index (χ0n) is 9.84. The van der Waals surface area contributed by atoms with Gasteiger partial charge in [-0.2, -0.15) is 0 Å². The largest absolute Gasteiger partial charge is 0.322 e. The van der Waals surface area contributed by atoms with Crippen molar-refractivity contribution < 1.29 is 9.18 Å². The van der Waals surface area contributed by atoms with E-state index < -0.39 is 17.8 Å². The maximum absolute atomic E-state index is 13.5. The highest BCUT2D eigenvalue weighted by Gasteiger charge is 2.20. The van der Waals surface area contributed by atoms with Gasteiger partial charge in [-0.1, -0.05) is 37.9 Å². The first-order chi connectivity index (χ1) is 7.97. The first-order valence-corrected chi connectivity index (χ1v) is 5.85. The van der Waals surface area contributed by atoms with Gasteiger partial charge in [0, 0.05) is 0 Å². The Balaban J connectivity index is 2.78. The van der Waals surface area contributed by atoms with Crippen LogP contribution >= 0.6 is 11.6 Å². The minimum Gasteiger partial charge on any atom is -0.322 e. The predicted octanol–water partition coefficient (Wildman–Crippen LogP) is 2.79. The standard InChI is InChI=1S/C12H16ClFN2O/c1-3-7(2)11(15)12(17)16-9-6-4-5-8(13)10(9)14/h4-7,11H,3,15H2,1-2H3,(H,16,17). The zero-order valence-corrected chi connectivity index (χ0v) is 10.6. The van der Waals surface area contributed by atoms with Crippen LogP contribution in [-0.4, -0.2) is 11.9 Å². The van der Waals surface area contributed by atoms with Crippen molar-refractivity contribution in [3.05, 3.63) is 29.0 Å². The van der Waals surface area contributed by atoms with E-state index >= 15 is 0 Å². The van der Waals surface area contributed by atoms with Gasteiger partial charge in [-0.3, -0.25) is 4.79 Å². The first kappa shape index (κ1) is 13.9. The van der Waals surface area contributed by atoms with Gasteiger partial charge >= 0.3 is 0 Å². The Kier molecular flexibility index (Phi) is 4.90. The fraction of sp³-hybridized carbons (Fsp3) is 0.417. The average Bonchev–Trinajstić information content (AvgIpc) is 2.32. The summed E-state index contributed by atoms with van der Waals surface area (Å²) in [6.45, 7) is 3.82. The SMILES string of the molecule is CCC(C)C(N)C(=O)Nc1cccc(Cl)c1F. The van der Waals surface area contributed by atoms with Crippen LogP contribution in [0.3, 0.4) is 0 Å². The number of halogens is 2. The van der Waals surface area contributed by atoms with E-state index in [1.54, 1.807) is 6.07 Å². The lowest BCUT2D eigenvalue weighted by Gasteiger charge is -2.18. The van der Waals surface area contributed by atoms with E-state index in [4.69, 9.17) is 17.3 Å². The molecule has 2 unspecified atom stereocenters. The van der Waals surface area contributed by atoms with Crippen LogP contribution in [0.5, 0.6) is 0 Å². The molecule has 0 fully saturated rings. The van der Waals surface area contributed by atoms with Gasteiger partial charge in [0.2, 0.25) is 5.91 Å². The van der Waals surface area contributed by atoms with E-state index in [0.29, 0.717) is 0 Å². The molecule has 1 amide bonds. The normalized spacial score (nSPS) is 14.2. The summed E-state index contributed by atoms with van der Waals surface area (Å²) < 4.78 is 13.5. The molecule has 0 saturated heterocycles. The molecule has 0 aliphatic carbocycles. The Labute approximate surface area is 105 Å². The Morgan fingerprint density at radius 3 is 2.82 bits per heavy atom. The number of nitrogens with one attached hydrogen (secondary N) is 1. The molecule has 94 valence electrons. The number of benzene rings is 1. The van der Waals surface area contributed by atoms with Crippen LogP contribution in [0.4, 0.5) is 10.1 Å². The van der Waals surface area contributed by atoms with Crippen LogP contribution in [0, 0.1) is 11.7 Å². The quantitative estimate of drug-likeness (QED) is 0.873. The third-order valence-corrected chi connectivity index (χ3v) is 3.06. The molecule has 5 heteroatoms. The molecule has 0 aliphatic heterocycles. The summed E-state index contributed by atoms with van der Waals surface area (Å²) in [5, 5.41) is 2.41. The molecule has 17 heavy (non-hydrogen) atoms. The number of carbonyl (C=O) groups excluding carboxylic acids is 1. The number of hydrogen-bond donors (Lipinski definition) is 2. The van der Waals surface area contributed by atoms with Gasteiger partial charge in [0.15, 0.2) is 5.82 Å². The molecule has 0 saturated carbocycles. The minimum atomic E-state index is -0.654. The fourth-order valence-electron chi connectivity index (χ4n) is 1.33. The number of anilines is 1. The highest BCUT2D eigenvalue weighted by molar-refractivity contribution is 6.31. The van der Waals surface area contributed by atoms with Crippen LogP contribution in [0.25, 0.3) is 0 Å². The highest BCUT2D eigenvalue weighted by Crippen LogP contribution is 2.22. The molecule has 1 rings (SSSR count). The maximum atomic E-state index is 13.5. The van der Waals surface area contributed by atoms with Gasteiger partial charge in [0.25, 0.3) is 0 Å². The Hall–Kier alpha value is -1.13. The summed E-state index contributed by atoms with van der Waals surface area (Å²) in [6.07, 6.45) is 0.784. The third-order valence-electron chi connectivity index (χ3n) is 2.77. The monoisotopic (exact) mass is 258 g/mol. The van der Waals surface area contributed by atoms with E-state index in [1.165, 1.54) is 12.1 Å². The van der Waals surface area contributed by atoms with Crippen molar-refractivity contribution in [1.82, 2.24) is 0 Å². The van der Waals surface area contributed by atoms with Crippen molar-refractivity contribution >= 4 is 23.2 Å². The number of amides is 1. The zero-order chi connectivity index (χ0) is 13.0. The van der Waals surface area contributed by atoms with E-state index in [2.05, 4.69) is 5.32 Å². The fourth-order valence-corrected chi connectivity index (χ4v) is 1.50. The van der Waals surface area contributed by atoms with Crippen LogP contribution < -0.4 is 11.1 Å². The number of carbonyl (C=O) groups is 1. The number of nitrogens with two attached hydrogens (primary N) is 1. The van der Waals surface area contributed by atoms with Gasteiger partial charge in [-0.05, 0) is 18.1 Å². The van der Waals surface area contributed by atoms with Crippen molar-refractivity contribution in [1.29, 1.82) is 0 Å². The van der Waals surface area contributed by atoms with Gasteiger partial charge in [-0.15, -0.1) is 0 Å². The average molecular weight is 259 g/mol. The van der Waals surface area contributed by atoms with Crippen molar-refractivity contribution in [3.8, 4) is 0 Å². The predicted molar refractivity (Wildman–Crippen MR) is 67.5 cm³/mol. The van der Waals surface area contributed by atoms with E-state index in [1.807, 2.05) is 13.8 Å². The second kappa shape index (κ2) is 5.98. The highest BCUT2D eigenvalue weighted by atomic mass is 35.5. The van der Waals surface area contributed by atoms with Crippen LogP contribution in [0.15, 0.2) is 18.2 Å². The second-order valence-electron chi connectivity index (χ2n) is 4.00. The lowest BCUT2D eigenvalue weighted by atomic mass is 9.99. The Morgan fingerprint density at radius 1 is 1.59 bits per heavy atom. The van der Waals surface area contributed by atoms with Gasteiger partial charge in [0.1, 0.15) is 0 Å². The number of hydrogen-bond acceptors (Lipinski definition) is 2. The Bertz CT molecular complexity index is 411. The summed E-state index contributed by atoms with van der Waals surface area (Å²) >= 11 is 5.61. The van der Waals surface area contributed by atoms with Crippen molar-refractivity contribution in [3.63, 3.8) is 0 Å². The molecule has 3 nitrogen and oxygen atoms in total. The summed E-state index contributed by atoms with van der Waals surface area (Å²) in [5.41, 5.74) is 5.80. The van der Waals surface area contributed by atoms with Gasteiger partial charge < -0.3 is 11.1 Å². The third kappa shape index (κ3) is 3.41. The van der Waals surface area contributed by atoms with Crippen molar-refractivity contribution in [2.45, 2.75) is 26.3 Å². The molecule has 0 aliphatic rings. The molecule has 0 spiro atoms. The molecule has 3 N–H and O–H groups in total. The van der Waals surface area contributed by atoms with Crippen LogP contribution in [0.1, 0.15) is 20.3 Å². The molecule has 0 aromatic heterocycles. The lowest BCUT2D eigenvalue weighted by Crippen LogP contribution is -2.40. The maximum Gasteiger partial charge on any atom is 0.241 e. The van der Waals surface area contributed by atoms with Crippen molar-refractivity contribution in [2.24, 2.45) is 11.7 Å².